The van der Waals surface area contributed by atoms with Gasteiger partial charge in [0.25, 0.3) is 5.91 Å². The number of hydrogen-bond acceptors (Lipinski definition) is 4. The van der Waals surface area contributed by atoms with Gasteiger partial charge in [0.05, 0.1) is 6.42 Å². The van der Waals surface area contributed by atoms with Gasteiger partial charge < -0.3 is 16.4 Å². The third-order valence-electron chi connectivity index (χ3n) is 3.60. The Morgan fingerprint density at radius 2 is 1.78 bits per heavy atom. The Bertz CT molecular complexity index is 896. The summed E-state index contributed by atoms with van der Waals surface area (Å²) in [7, 11) is 0. The van der Waals surface area contributed by atoms with E-state index in [9.17, 15) is 14.0 Å². The van der Waals surface area contributed by atoms with Crippen LogP contribution in [0, 0.1) is 5.82 Å². The fourth-order valence-corrected chi connectivity index (χ4v) is 2.36. The SMILES string of the molecule is NC(=NC1=NC(CC(=O)Nc2ccc(F)cc2)C(=O)N1)Nc1ccccc1. The first-order valence-corrected chi connectivity index (χ1v) is 8.10. The first-order valence-electron chi connectivity index (χ1n) is 8.10. The van der Waals surface area contributed by atoms with Gasteiger partial charge in [-0.3, -0.25) is 14.9 Å². The molecule has 0 radical (unpaired) electrons. The lowest BCUT2D eigenvalue weighted by molar-refractivity contribution is -0.123. The van der Waals surface area contributed by atoms with E-state index in [4.69, 9.17) is 5.73 Å². The summed E-state index contributed by atoms with van der Waals surface area (Å²) in [6, 6.07) is 13.5. The zero-order chi connectivity index (χ0) is 19.2. The molecule has 0 saturated heterocycles. The molecule has 1 aliphatic rings. The molecule has 1 atom stereocenters. The first kappa shape index (κ1) is 18.1. The van der Waals surface area contributed by atoms with Crippen molar-refractivity contribution in [1.82, 2.24) is 5.32 Å². The van der Waals surface area contributed by atoms with E-state index >= 15 is 0 Å². The summed E-state index contributed by atoms with van der Waals surface area (Å²) >= 11 is 0. The summed E-state index contributed by atoms with van der Waals surface area (Å²) < 4.78 is 12.9. The number of rotatable bonds is 4. The van der Waals surface area contributed by atoms with Gasteiger partial charge in [-0.15, -0.1) is 0 Å². The van der Waals surface area contributed by atoms with E-state index in [0.717, 1.165) is 5.69 Å². The smallest absolute Gasteiger partial charge is 0.252 e. The van der Waals surface area contributed by atoms with Crippen LogP contribution in [0.25, 0.3) is 0 Å². The average Bonchev–Trinajstić information content (AvgIpc) is 2.96. The second-order valence-electron chi connectivity index (χ2n) is 5.71. The van der Waals surface area contributed by atoms with E-state index < -0.39 is 23.7 Å². The van der Waals surface area contributed by atoms with Gasteiger partial charge in [-0.1, -0.05) is 18.2 Å². The topological polar surface area (TPSA) is 121 Å². The number of nitrogens with one attached hydrogen (secondary N) is 3. The van der Waals surface area contributed by atoms with Crippen molar-refractivity contribution in [3.05, 3.63) is 60.4 Å². The van der Waals surface area contributed by atoms with Crippen molar-refractivity contribution in [1.29, 1.82) is 0 Å². The molecule has 0 spiro atoms. The molecule has 0 saturated carbocycles. The van der Waals surface area contributed by atoms with Gasteiger partial charge in [0.1, 0.15) is 11.9 Å². The van der Waals surface area contributed by atoms with Crippen LogP contribution in [0.4, 0.5) is 15.8 Å². The second kappa shape index (κ2) is 8.09. The summed E-state index contributed by atoms with van der Waals surface area (Å²) in [5.74, 6) is -1.20. The van der Waals surface area contributed by atoms with E-state index in [-0.39, 0.29) is 18.3 Å². The standard InChI is InChI=1S/C18H17FN6O2/c19-11-6-8-13(9-7-11)21-15(26)10-14-16(27)24-18(23-14)25-17(20)22-12-4-2-1-3-5-12/h1-9,14H,10H2,(H,21,26)(H4,20,22,23,24,25,27). The summed E-state index contributed by atoms with van der Waals surface area (Å²) in [5, 5.41) is 7.91. The van der Waals surface area contributed by atoms with Crippen LogP contribution < -0.4 is 21.7 Å². The fraction of sp³-hybridized carbons (Fsp3) is 0.111. The Morgan fingerprint density at radius 3 is 2.48 bits per heavy atom. The highest BCUT2D eigenvalue weighted by Gasteiger charge is 2.28. The van der Waals surface area contributed by atoms with Crippen LogP contribution in [0.1, 0.15) is 6.42 Å². The van der Waals surface area contributed by atoms with Crippen LogP contribution in [-0.4, -0.2) is 29.8 Å². The highest BCUT2D eigenvalue weighted by Crippen LogP contribution is 2.12. The number of carbonyl (C=O) groups excluding carboxylic acids is 2. The van der Waals surface area contributed by atoms with Crippen LogP contribution in [0.5, 0.6) is 0 Å². The molecule has 27 heavy (non-hydrogen) atoms. The molecule has 1 heterocycles. The zero-order valence-corrected chi connectivity index (χ0v) is 14.1. The van der Waals surface area contributed by atoms with Crippen LogP contribution >= 0.6 is 0 Å². The number of halogens is 1. The highest BCUT2D eigenvalue weighted by atomic mass is 19.1. The number of aliphatic imine (C=N–C) groups is 2. The normalized spacial score (nSPS) is 16.5. The molecule has 0 bridgehead atoms. The Hall–Kier alpha value is -3.75. The van der Waals surface area contributed by atoms with E-state index in [2.05, 4.69) is 25.9 Å². The summed E-state index contributed by atoms with van der Waals surface area (Å²) in [5.41, 5.74) is 6.95. The summed E-state index contributed by atoms with van der Waals surface area (Å²) in [6.45, 7) is 0. The molecule has 2 amide bonds. The molecule has 0 aliphatic carbocycles. The third kappa shape index (κ3) is 5.11. The van der Waals surface area contributed by atoms with Gasteiger partial charge in [0.2, 0.25) is 17.8 Å². The van der Waals surface area contributed by atoms with Crippen molar-refractivity contribution in [2.45, 2.75) is 12.5 Å². The van der Waals surface area contributed by atoms with Crippen LogP contribution in [0.2, 0.25) is 0 Å². The van der Waals surface area contributed by atoms with E-state index in [1.165, 1.54) is 24.3 Å². The molecule has 2 aromatic carbocycles. The fourth-order valence-electron chi connectivity index (χ4n) is 2.36. The van der Waals surface area contributed by atoms with Crippen molar-refractivity contribution < 1.29 is 14.0 Å². The van der Waals surface area contributed by atoms with Crippen molar-refractivity contribution in [2.75, 3.05) is 10.6 Å². The molecule has 5 N–H and O–H groups in total. The number of nitrogens with zero attached hydrogens (tertiary/aromatic N) is 2. The Morgan fingerprint density at radius 1 is 1.11 bits per heavy atom. The minimum Gasteiger partial charge on any atom is -0.369 e. The maximum Gasteiger partial charge on any atom is 0.252 e. The maximum absolute atomic E-state index is 12.9. The number of nitrogens with two attached hydrogens (primary N) is 1. The molecular formula is C18H17FN6O2. The molecule has 9 heteroatoms. The molecule has 1 aliphatic heterocycles. The summed E-state index contributed by atoms with van der Waals surface area (Å²) in [6.07, 6.45) is -0.172. The summed E-state index contributed by atoms with van der Waals surface area (Å²) in [4.78, 5) is 32.1. The average molecular weight is 368 g/mol. The number of benzene rings is 2. The van der Waals surface area contributed by atoms with Crippen LogP contribution in [0.3, 0.4) is 0 Å². The lowest BCUT2D eigenvalue weighted by Crippen LogP contribution is -2.32. The quantitative estimate of drug-likeness (QED) is 0.482. The number of anilines is 2. The zero-order valence-electron chi connectivity index (χ0n) is 14.1. The van der Waals surface area contributed by atoms with Gasteiger partial charge >= 0.3 is 0 Å². The minimum absolute atomic E-state index is 0.0283. The van der Waals surface area contributed by atoms with Crippen molar-refractivity contribution in [2.24, 2.45) is 15.7 Å². The minimum atomic E-state index is -0.909. The third-order valence-corrected chi connectivity index (χ3v) is 3.60. The number of amides is 2. The van der Waals surface area contributed by atoms with Crippen molar-refractivity contribution in [3.63, 3.8) is 0 Å². The van der Waals surface area contributed by atoms with Crippen molar-refractivity contribution in [3.8, 4) is 0 Å². The monoisotopic (exact) mass is 368 g/mol. The number of carbonyl (C=O) groups is 2. The first-order chi connectivity index (χ1) is 13.0. The highest BCUT2D eigenvalue weighted by molar-refractivity contribution is 6.11. The van der Waals surface area contributed by atoms with Gasteiger partial charge in [-0.2, -0.15) is 4.99 Å². The molecule has 2 aromatic rings. The van der Waals surface area contributed by atoms with Gasteiger partial charge in [0.15, 0.2) is 0 Å². The van der Waals surface area contributed by atoms with E-state index in [1.807, 2.05) is 18.2 Å². The molecule has 3 rings (SSSR count). The molecule has 138 valence electrons. The van der Waals surface area contributed by atoms with Crippen molar-refractivity contribution >= 4 is 35.1 Å². The van der Waals surface area contributed by atoms with E-state index in [1.54, 1.807) is 12.1 Å². The van der Waals surface area contributed by atoms with Crippen LogP contribution in [-0.2, 0) is 9.59 Å². The van der Waals surface area contributed by atoms with Gasteiger partial charge in [0, 0.05) is 11.4 Å². The molecular weight excluding hydrogens is 351 g/mol. The Labute approximate surface area is 154 Å². The largest absolute Gasteiger partial charge is 0.369 e. The van der Waals surface area contributed by atoms with Gasteiger partial charge in [-0.05, 0) is 36.4 Å². The predicted octanol–water partition coefficient (Wildman–Crippen LogP) is 1.44. The van der Waals surface area contributed by atoms with Gasteiger partial charge in [-0.25, -0.2) is 9.38 Å². The lowest BCUT2D eigenvalue weighted by Gasteiger charge is -2.06. The molecule has 0 fully saturated rings. The lowest BCUT2D eigenvalue weighted by atomic mass is 10.2. The number of guanidine groups is 2. The predicted molar refractivity (Wildman–Crippen MR) is 101 cm³/mol. The Kier molecular flexibility index (Phi) is 5.41. The maximum atomic E-state index is 12.9. The van der Waals surface area contributed by atoms with Crippen LogP contribution in [0.15, 0.2) is 64.6 Å². The molecule has 8 nitrogen and oxygen atoms in total. The Balaban J connectivity index is 1.59. The second-order valence-corrected chi connectivity index (χ2v) is 5.71. The number of para-hydroxylation sites is 1. The molecule has 0 aromatic heterocycles. The number of hydrogen-bond donors (Lipinski definition) is 4. The van der Waals surface area contributed by atoms with E-state index in [0.29, 0.717) is 5.69 Å². The molecule has 1 unspecified atom stereocenters.